The van der Waals surface area contributed by atoms with E-state index in [1.165, 1.54) is 24.5 Å². The fourth-order valence-electron chi connectivity index (χ4n) is 2.81. The third kappa shape index (κ3) is 6.70. The van der Waals surface area contributed by atoms with E-state index in [0.29, 0.717) is 18.3 Å². The van der Waals surface area contributed by atoms with E-state index in [2.05, 4.69) is 26.0 Å². The standard InChI is InChI=1S/C25H24O5S/c1-17(2)20-11-13-22(14-12-20)31-28-16-19-7-6-8-21(15-19)30-25(27)23-9-4-5-10-24(23)29-18(3)26/h4-15,17H,16H2,1-3H3. The van der Waals surface area contributed by atoms with Crippen LogP contribution in [0.25, 0.3) is 0 Å². The molecule has 0 N–H and O–H groups in total. The predicted molar refractivity (Wildman–Crippen MR) is 120 cm³/mol. The molecule has 3 aromatic rings. The number of para-hydroxylation sites is 1. The van der Waals surface area contributed by atoms with Gasteiger partial charge in [-0.2, -0.15) is 0 Å². The number of esters is 2. The Labute approximate surface area is 186 Å². The molecule has 0 atom stereocenters. The maximum absolute atomic E-state index is 12.6. The lowest BCUT2D eigenvalue weighted by Crippen LogP contribution is -2.12. The van der Waals surface area contributed by atoms with Crippen molar-refractivity contribution in [3.63, 3.8) is 0 Å². The van der Waals surface area contributed by atoms with Crippen LogP contribution in [0.1, 0.15) is 48.2 Å². The van der Waals surface area contributed by atoms with Crippen LogP contribution in [0.5, 0.6) is 11.5 Å². The van der Waals surface area contributed by atoms with Gasteiger partial charge < -0.3 is 13.7 Å². The van der Waals surface area contributed by atoms with Gasteiger partial charge in [0.05, 0.1) is 6.61 Å². The molecule has 5 nitrogen and oxygen atoms in total. The summed E-state index contributed by atoms with van der Waals surface area (Å²) in [5.74, 6) is -0.0638. The van der Waals surface area contributed by atoms with E-state index in [-0.39, 0.29) is 11.3 Å². The summed E-state index contributed by atoms with van der Waals surface area (Å²) in [4.78, 5) is 24.8. The highest BCUT2D eigenvalue weighted by Gasteiger charge is 2.16. The number of rotatable bonds is 8. The molecule has 0 aliphatic heterocycles. The Morgan fingerprint density at radius 2 is 1.65 bits per heavy atom. The lowest BCUT2D eigenvalue weighted by atomic mass is 10.0. The molecule has 0 aliphatic rings. The second kappa shape index (κ2) is 10.8. The van der Waals surface area contributed by atoms with Gasteiger partial charge in [0.15, 0.2) is 0 Å². The fraction of sp³-hybridized carbons (Fsp3) is 0.200. The molecule has 3 rings (SSSR count). The Morgan fingerprint density at radius 3 is 2.35 bits per heavy atom. The summed E-state index contributed by atoms with van der Waals surface area (Å²) < 4.78 is 16.3. The number of hydrogen-bond acceptors (Lipinski definition) is 6. The monoisotopic (exact) mass is 436 g/mol. The number of ether oxygens (including phenoxy) is 2. The summed E-state index contributed by atoms with van der Waals surface area (Å²) >= 11 is 1.30. The molecule has 0 spiro atoms. The molecule has 0 bridgehead atoms. The van der Waals surface area contributed by atoms with Crippen molar-refractivity contribution in [3.05, 3.63) is 89.5 Å². The molecule has 3 aromatic carbocycles. The maximum Gasteiger partial charge on any atom is 0.347 e. The first-order chi connectivity index (χ1) is 14.9. The van der Waals surface area contributed by atoms with Gasteiger partial charge in [-0.25, -0.2) is 4.79 Å². The second-order valence-electron chi connectivity index (χ2n) is 7.20. The largest absolute Gasteiger partial charge is 0.426 e. The summed E-state index contributed by atoms with van der Waals surface area (Å²) in [6.45, 7) is 5.95. The van der Waals surface area contributed by atoms with Gasteiger partial charge in [0.25, 0.3) is 0 Å². The molecule has 0 unspecified atom stereocenters. The van der Waals surface area contributed by atoms with Crippen molar-refractivity contribution in [1.29, 1.82) is 0 Å². The van der Waals surface area contributed by atoms with Crippen LogP contribution in [0, 0.1) is 0 Å². The molecule has 0 radical (unpaired) electrons. The molecule has 0 heterocycles. The Kier molecular flexibility index (Phi) is 7.87. The second-order valence-corrected chi connectivity index (χ2v) is 8.07. The van der Waals surface area contributed by atoms with Gasteiger partial charge in [-0.05, 0) is 53.4 Å². The van der Waals surface area contributed by atoms with E-state index < -0.39 is 11.9 Å². The van der Waals surface area contributed by atoms with E-state index in [1.807, 2.05) is 18.2 Å². The molecule has 160 valence electrons. The molecule has 0 saturated carbocycles. The zero-order valence-electron chi connectivity index (χ0n) is 17.7. The minimum atomic E-state index is -0.602. The quantitative estimate of drug-likeness (QED) is 0.239. The average molecular weight is 437 g/mol. The van der Waals surface area contributed by atoms with Gasteiger partial charge in [-0.3, -0.25) is 4.79 Å². The van der Waals surface area contributed by atoms with E-state index in [1.54, 1.807) is 42.5 Å². The fourth-order valence-corrected chi connectivity index (χ4v) is 3.39. The van der Waals surface area contributed by atoms with Crippen LogP contribution >= 0.6 is 12.0 Å². The highest BCUT2D eigenvalue weighted by Crippen LogP contribution is 2.25. The average Bonchev–Trinajstić information content (AvgIpc) is 2.74. The first-order valence-electron chi connectivity index (χ1n) is 9.90. The van der Waals surface area contributed by atoms with Gasteiger partial charge in [-0.1, -0.05) is 50.2 Å². The summed E-state index contributed by atoms with van der Waals surface area (Å²) in [6, 6.07) is 21.9. The van der Waals surface area contributed by atoms with Crippen LogP contribution in [0.3, 0.4) is 0 Å². The van der Waals surface area contributed by atoms with Crippen molar-refractivity contribution in [2.24, 2.45) is 0 Å². The van der Waals surface area contributed by atoms with Crippen LogP contribution in [0.4, 0.5) is 0 Å². The highest BCUT2D eigenvalue weighted by atomic mass is 32.2. The zero-order valence-corrected chi connectivity index (χ0v) is 18.5. The lowest BCUT2D eigenvalue weighted by molar-refractivity contribution is -0.131. The van der Waals surface area contributed by atoms with E-state index in [4.69, 9.17) is 13.7 Å². The predicted octanol–water partition coefficient (Wildman–Crippen LogP) is 6.18. The Hall–Kier alpha value is -3.09. The van der Waals surface area contributed by atoms with E-state index in [0.717, 1.165) is 10.5 Å². The van der Waals surface area contributed by atoms with Crippen molar-refractivity contribution >= 4 is 24.0 Å². The first kappa shape index (κ1) is 22.6. The Morgan fingerprint density at radius 1 is 0.903 bits per heavy atom. The van der Waals surface area contributed by atoms with Crippen LogP contribution < -0.4 is 9.47 Å². The molecule has 6 heteroatoms. The van der Waals surface area contributed by atoms with Gasteiger partial charge in [0.2, 0.25) is 0 Å². The van der Waals surface area contributed by atoms with Crippen molar-refractivity contribution in [1.82, 2.24) is 0 Å². The van der Waals surface area contributed by atoms with Gasteiger partial charge in [0, 0.05) is 23.9 Å². The highest BCUT2D eigenvalue weighted by molar-refractivity contribution is 7.94. The Balaban J connectivity index is 1.59. The lowest BCUT2D eigenvalue weighted by Gasteiger charge is -2.10. The van der Waals surface area contributed by atoms with Crippen molar-refractivity contribution < 1.29 is 23.2 Å². The number of benzene rings is 3. The number of carbonyl (C=O) groups is 2. The summed E-state index contributed by atoms with van der Waals surface area (Å²) in [5.41, 5.74) is 2.33. The van der Waals surface area contributed by atoms with Crippen LogP contribution in [-0.2, 0) is 15.6 Å². The zero-order chi connectivity index (χ0) is 22.2. The van der Waals surface area contributed by atoms with Crippen molar-refractivity contribution in [2.45, 2.75) is 38.2 Å². The topological polar surface area (TPSA) is 61.8 Å². The molecular formula is C25H24O5S. The molecule has 0 saturated heterocycles. The van der Waals surface area contributed by atoms with Crippen LogP contribution in [-0.4, -0.2) is 11.9 Å². The van der Waals surface area contributed by atoms with Crippen molar-refractivity contribution in [3.8, 4) is 11.5 Å². The third-order valence-electron chi connectivity index (χ3n) is 4.40. The number of hydrogen-bond donors (Lipinski definition) is 0. The number of carbonyl (C=O) groups excluding carboxylic acids is 2. The summed E-state index contributed by atoms with van der Waals surface area (Å²) in [7, 11) is 0. The smallest absolute Gasteiger partial charge is 0.347 e. The molecule has 0 fully saturated rings. The van der Waals surface area contributed by atoms with E-state index >= 15 is 0 Å². The molecule has 0 amide bonds. The molecule has 0 aliphatic carbocycles. The Bertz CT molecular complexity index is 1040. The minimum Gasteiger partial charge on any atom is -0.426 e. The molecule has 31 heavy (non-hydrogen) atoms. The molecular weight excluding hydrogens is 412 g/mol. The van der Waals surface area contributed by atoms with Crippen molar-refractivity contribution in [2.75, 3.05) is 0 Å². The van der Waals surface area contributed by atoms with Crippen LogP contribution in [0.15, 0.2) is 77.7 Å². The molecule has 0 aromatic heterocycles. The SMILES string of the molecule is CC(=O)Oc1ccccc1C(=O)Oc1cccc(COSc2ccc(C(C)C)cc2)c1. The summed E-state index contributed by atoms with van der Waals surface area (Å²) in [5, 5.41) is 0. The van der Waals surface area contributed by atoms with Gasteiger partial charge >= 0.3 is 11.9 Å². The minimum absolute atomic E-state index is 0.166. The van der Waals surface area contributed by atoms with Gasteiger partial charge in [-0.15, -0.1) is 0 Å². The third-order valence-corrected chi connectivity index (χ3v) is 5.10. The van der Waals surface area contributed by atoms with Gasteiger partial charge in [0.1, 0.15) is 17.1 Å². The summed E-state index contributed by atoms with van der Waals surface area (Å²) in [6.07, 6.45) is 0. The van der Waals surface area contributed by atoms with Crippen LogP contribution in [0.2, 0.25) is 0 Å². The maximum atomic E-state index is 12.6. The van der Waals surface area contributed by atoms with E-state index in [9.17, 15) is 9.59 Å². The normalized spacial score (nSPS) is 10.7. The first-order valence-corrected chi connectivity index (χ1v) is 10.6.